The van der Waals surface area contributed by atoms with E-state index in [0.29, 0.717) is 18.3 Å². The fraction of sp³-hybridized carbons (Fsp3) is 0.750. The molecule has 1 fully saturated rings. The second-order valence-corrected chi connectivity index (χ2v) is 8.31. The van der Waals surface area contributed by atoms with Crippen LogP contribution in [0.5, 0.6) is 0 Å². The lowest BCUT2D eigenvalue weighted by Gasteiger charge is -2.26. The van der Waals surface area contributed by atoms with Crippen molar-refractivity contribution in [3.8, 4) is 0 Å². The van der Waals surface area contributed by atoms with Gasteiger partial charge in [0, 0.05) is 12.8 Å². The van der Waals surface area contributed by atoms with Gasteiger partial charge in [-0.1, -0.05) is 32.6 Å². The first-order valence-corrected chi connectivity index (χ1v) is 8.89. The average molecular weight is 320 g/mol. The van der Waals surface area contributed by atoms with Crippen LogP contribution < -0.4 is 0 Å². The smallest absolute Gasteiger partial charge is 0.138 e. The normalized spacial score (nSPS) is 39.9. The van der Waals surface area contributed by atoms with Crippen LogP contribution in [-0.4, -0.2) is 28.2 Å². The van der Waals surface area contributed by atoms with E-state index in [4.69, 9.17) is 4.74 Å². The number of ketones is 1. The van der Waals surface area contributed by atoms with E-state index in [9.17, 15) is 9.90 Å². The number of allylic oxidation sites excluding steroid dienone is 1. The van der Waals surface area contributed by atoms with Gasteiger partial charge in [-0.25, -0.2) is 0 Å². The van der Waals surface area contributed by atoms with Crippen LogP contribution >= 0.6 is 0 Å². The minimum atomic E-state index is -1.08. The maximum atomic E-state index is 12.4. The fourth-order valence-corrected chi connectivity index (χ4v) is 3.75. The zero-order valence-corrected chi connectivity index (χ0v) is 15.1. The number of Topliss-reactive ketones (excluding diaryl/α,β-unsaturated/α-hetero) is 1. The summed E-state index contributed by atoms with van der Waals surface area (Å²) in [4.78, 5) is 12.4. The van der Waals surface area contributed by atoms with Gasteiger partial charge in [0.2, 0.25) is 0 Å². The Hall–Kier alpha value is -0.930. The fourth-order valence-electron chi connectivity index (χ4n) is 3.75. The molecule has 0 radical (unpaired) electrons. The molecule has 130 valence electrons. The van der Waals surface area contributed by atoms with E-state index >= 15 is 0 Å². The summed E-state index contributed by atoms with van der Waals surface area (Å²) in [6.07, 6.45) is 8.27. The molecule has 2 heterocycles. The second kappa shape index (κ2) is 6.90. The van der Waals surface area contributed by atoms with Crippen LogP contribution in [0.15, 0.2) is 24.3 Å². The summed E-state index contributed by atoms with van der Waals surface area (Å²) < 4.78 is 6.19. The first-order valence-electron chi connectivity index (χ1n) is 8.89. The summed E-state index contributed by atoms with van der Waals surface area (Å²) in [5, 5.41) is 10.5. The summed E-state index contributed by atoms with van der Waals surface area (Å²) >= 11 is 0. The molecular formula is C20H32O3. The lowest BCUT2D eigenvalue weighted by molar-refractivity contribution is -0.128. The largest absolute Gasteiger partial charge is 0.386 e. The zero-order valence-electron chi connectivity index (χ0n) is 15.1. The third-order valence-corrected chi connectivity index (χ3v) is 5.30. The van der Waals surface area contributed by atoms with Crippen molar-refractivity contribution < 1.29 is 14.6 Å². The Morgan fingerprint density at radius 3 is 2.65 bits per heavy atom. The number of carbonyl (C=O) groups excluding carboxylic acids is 1. The summed E-state index contributed by atoms with van der Waals surface area (Å²) in [6, 6.07) is 0. The molecule has 4 atom stereocenters. The number of rotatable bonds is 1. The molecule has 2 aliphatic rings. The van der Waals surface area contributed by atoms with Gasteiger partial charge in [0.05, 0.1) is 17.3 Å². The number of aliphatic hydroxyl groups is 1. The van der Waals surface area contributed by atoms with Crippen molar-refractivity contribution in [2.45, 2.75) is 83.5 Å². The number of hydrogen-bond donors (Lipinski definition) is 1. The van der Waals surface area contributed by atoms with Gasteiger partial charge in [-0.15, -0.1) is 0 Å². The Labute approximate surface area is 140 Å². The van der Waals surface area contributed by atoms with Crippen molar-refractivity contribution in [2.75, 3.05) is 0 Å². The van der Waals surface area contributed by atoms with Crippen molar-refractivity contribution in [2.24, 2.45) is 11.8 Å². The summed E-state index contributed by atoms with van der Waals surface area (Å²) in [5.41, 5.74) is -0.342. The molecule has 3 nitrogen and oxygen atoms in total. The number of hydrogen-bond acceptors (Lipinski definition) is 3. The van der Waals surface area contributed by atoms with Crippen molar-refractivity contribution in [1.82, 2.24) is 0 Å². The maximum absolute atomic E-state index is 12.4. The van der Waals surface area contributed by atoms with Crippen molar-refractivity contribution >= 4 is 5.78 Å². The Balaban J connectivity index is 2.23. The quantitative estimate of drug-likeness (QED) is 0.736. The number of carbonyl (C=O) groups is 1. The molecule has 0 aromatic heterocycles. The van der Waals surface area contributed by atoms with E-state index in [1.807, 2.05) is 13.0 Å². The highest BCUT2D eigenvalue weighted by molar-refractivity contribution is 5.80. The van der Waals surface area contributed by atoms with Crippen LogP contribution in [0.2, 0.25) is 0 Å². The van der Waals surface area contributed by atoms with E-state index in [1.165, 1.54) is 0 Å². The molecule has 0 saturated carbocycles. The van der Waals surface area contributed by atoms with Crippen molar-refractivity contribution in [3.05, 3.63) is 24.3 Å². The monoisotopic (exact) mass is 320 g/mol. The summed E-state index contributed by atoms with van der Waals surface area (Å²) in [6.45, 7) is 12.4. The van der Waals surface area contributed by atoms with E-state index in [-0.39, 0.29) is 18.3 Å². The Bertz CT molecular complexity index is 489. The van der Waals surface area contributed by atoms with Gasteiger partial charge in [-0.3, -0.25) is 4.79 Å². The van der Waals surface area contributed by atoms with Gasteiger partial charge < -0.3 is 9.84 Å². The Kier molecular flexibility index (Phi) is 5.52. The van der Waals surface area contributed by atoms with E-state index in [1.54, 1.807) is 6.92 Å². The highest BCUT2D eigenvalue weighted by Crippen LogP contribution is 2.38. The predicted molar refractivity (Wildman–Crippen MR) is 93.2 cm³/mol. The Morgan fingerprint density at radius 2 is 2.00 bits per heavy atom. The highest BCUT2D eigenvalue weighted by atomic mass is 16.5. The molecule has 0 aromatic carbocycles. The topological polar surface area (TPSA) is 46.5 Å². The molecule has 0 spiro atoms. The first kappa shape index (κ1) is 18.4. The van der Waals surface area contributed by atoms with Gasteiger partial charge in [-0.05, 0) is 56.9 Å². The minimum absolute atomic E-state index is 0.0637. The summed E-state index contributed by atoms with van der Waals surface area (Å²) in [7, 11) is 0. The van der Waals surface area contributed by atoms with Crippen molar-refractivity contribution in [3.63, 3.8) is 0 Å². The third-order valence-electron chi connectivity index (χ3n) is 5.30. The predicted octanol–water partition coefficient (Wildman–Crippen LogP) is 4.20. The van der Waals surface area contributed by atoms with Crippen LogP contribution in [0.4, 0.5) is 0 Å². The molecule has 1 N–H and O–H groups in total. The van der Waals surface area contributed by atoms with Gasteiger partial charge >= 0.3 is 0 Å². The minimum Gasteiger partial charge on any atom is -0.386 e. The van der Waals surface area contributed by atoms with Gasteiger partial charge in [0.25, 0.3) is 0 Å². The van der Waals surface area contributed by atoms with Crippen LogP contribution in [0, 0.1) is 11.8 Å². The van der Waals surface area contributed by atoms with Gasteiger partial charge in [-0.2, -0.15) is 0 Å². The molecular weight excluding hydrogens is 288 g/mol. The highest BCUT2D eigenvalue weighted by Gasteiger charge is 2.39. The lowest BCUT2D eigenvalue weighted by atomic mass is 9.85. The van der Waals surface area contributed by atoms with E-state index < -0.39 is 11.2 Å². The van der Waals surface area contributed by atoms with Crippen LogP contribution in [0.3, 0.4) is 0 Å². The van der Waals surface area contributed by atoms with E-state index in [0.717, 1.165) is 31.3 Å². The van der Waals surface area contributed by atoms with Gasteiger partial charge in [0.1, 0.15) is 5.78 Å². The molecule has 0 aliphatic carbocycles. The SMILES string of the molecule is C=C1CCC(C(C)C)C=CC(C)(O)CC(=O)CC2(C)CCC1O2. The molecule has 0 aromatic rings. The Morgan fingerprint density at radius 1 is 1.30 bits per heavy atom. The molecule has 4 unspecified atom stereocenters. The molecule has 2 bridgehead atoms. The van der Waals surface area contributed by atoms with Crippen LogP contribution in [-0.2, 0) is 9.53 Å². The molecule has 1 saturated heterocycles. The standard InChI is InChI=1S/C20H32O3/c1-14(2)16-7-6-15(3)18-9-11-20(5,23-18)13-17(21)12-19(4,22)10-8-16/h8,10,14,16,18,22H,3,6-7,9,11-13H2,1-2,4-5H3. The molecule has 0 amide bonds. The third kappa shape index (κ3) is 5.02. The molecule has 23 heavy (non-hydrogen) atoms. The number of ether oxygens (including phenoxy) is 1. The maximum Gasteiger partial charge on any atom is 0.138 e. The average Bonchev–Trinajstić information content (AvgIpc) is 2.78. The molecule has 2 aliphatic heterocycles. The molecule has 3 heteroatoms. The zero-order chi connectivity index (χ0) is 17.3. The number of fused-ring (bicyclic) bond motifs is 2. The van der Waals surface area contributed by atoms with E-state index in [2.05, 4.69) is 26.5 Å². The van der Waals surface area contributed by atoms with Crippen molar-refractivity contribution in [1.29, 1.82) is 0 Å². The summed E-state index contributed by atoms with van der Waals surface area (Å²) in [5.74, 6) is 0.932. The van der Waals surface area contributed by atoms with Crippen LogP contribution in [0.1, 0.15) is 66.2 Å². The van der Waals surface area contributed by atoms with Gasteiger partial charge in [0.15, 0.2) is 0 Å². The first-order chi connectivity index (χ1) is 10.6. The van der Waals surface area contributed by atoms with Crippen LogP contribution in [0.25, 0.3) is 0 Å². The molecule has 2 rings (SSSR count). The lowest BCUT2D eigenvalue weighted by Crippen LogP contribution is -2.32. The second-order valence-electron chi connectivity index (χ2n) is 8.31.